The monoisotopic (exact) mass is 305 g/mol. The molecule has 2 heterocycles. The second-order valence-corrected chi connectivity index (χ2v) is 7.34. The van der Waals surface area contributed by atoms with Crippen LogP contribution in [-0.4, -0.2) is 44.6 Å². The fraction of sp³-hybridized carbons (Fsp3) is 0.588. The quantitative estimate of drug-likeness (QED) is 0.776. The summed E-state index contributed by atoms with van der Waals surface area (Å²) in [5, 5.41) is 30.4. The van der Waals surface area contributed by atoms with Crippen LogP contribution in [0, 0.1) is 0 Å². The first kappa shape index (κ1) is 15.3. The molecule has 22 heavy (non-hydrogen) atoms. The summed E-state index contributed by atoms with van der Waals surface area (Å²) in [6, 6.07) is 4.87. The van der Waals surface area contributed by atoms with Gasteiger partial charge in [0.2, 0.25) is 0 Å². The van der Waals surface area contributed by atoms with Gasteiger partial charge in [-0.15, -0.1) is 0 Å². The maximum Gasteiger partial charge on any atom is 0.335 e. The van der Waals surface area contributed by atoms with Crippen molar-refractivity contribution in [2.45, 2.75) is 63.3 Å². The minimum absolute atomic E-state index is 0.0883. The average Bonchev–Trinajstić information content (AvgIpc) is 2.77. The highest BCUT2D eigenvalue weighted by Crippen LogP contribution is 2.46. The minimum Gasteiger partial charge on any atom is -0.478 e. The molecule has 0 radical (unpaired) electrons. The van der Waals surface area contributed by atoms with Gasteiger partial charge in [0.05, 0.1) is 28.8 Å². The van der Waals surface area contributed by atoms with Gasteiger partial charge in [-0.05, 0) is 63.8 Å². The summed E-state index contributed by atoms with van der Waals surface area (Å²) in [6.07, 6.45) is 1.94. The van der Waals surface area contributed by atoms with Crippen LogP contribution in [0.15, 0.2) is 18.2 Å². The minimum atomic E-state index is -0.946. The van der Waals surface area contributed by atoms with Crippen molar-refractivity contribution in [3.63, 3.8) is 0 Å². The van der Waals surface area contributed by atoms with Crippen LogP contribution >= 0.6 is 0 Å². The smallest absolute Gasteiger partial charge is 0.335 e. The van der Waals surface area contributed by atoms with Crippen LogP contribution in [0.25, 0.3) is 0 Å². The van der Waals surface area contributed by atoms with E-state index in [0.717, 1.165) is 11.3 Å². The Morgan fingerprint density at radius 3 is 2.68 bits per heavy atom. The number of fused-ring (bicyclic) bond motifs is 3. The number of carboxylic acid groups (broad SMARTS) is 1. The molecule has 2 aliphatic heterocycles. The topological polar surface area (TPSA) is 81.0 Å². The van der Waals surface area contributed by atoms with Crippen LogP contribution in [-0.2, 0) is 6.42 Å². The van der Waals surface area contributed by atoms with Gasteiger partial charge in [-0.2, -0.15) is 0 Å². The third-order valence-electron chi connectivity index (χ3n) is 5.15. The van der Waals surface area contributed by atoms with E-state index in [4.69, 9.17) is 5.11 Å². The number of rotatable bonds is 2. The molecule has 0 aromatic heterocycles. The highest BCUT2D eigenvalue weighted by atomic mass is 16.4. The fourth-order valence-corrected chi connectivity index (χ4v) is 3.94. The van der Waals surface area contributed by atoms with Gasteiger partial charge in [0.1, 0.15) is 0 Å². The Balaban J connectivity index is 2.07. The van der Waals surface area contributed by atoms with Crippen molar-refractivity contribution >= 4 is 11.7 Å². The van der Waals surface area contributed by atoms with E-state index in [-0.39, 0.29) is 17.6 Å². The van der Waals surface area contributed by atoms with Gasteiger partial charge in [-0.1, -0.05) is 0 Å². The van der Waals surface area contributed by atoms with Gasteiger partial charge in [0.25, 0.3) is 0 Å². The summed E-state index contributed by atoms with van der Waals surface area (Å²) in [6.45, 7) is 5.41. The number of piperidine rings is 1. The van der Waals surface area contributed by atoms with Crippen molar-refractivity contribution in [3.8, 4) is 0 Å². The molecule has 1 fully saturated rings. The Kier molecular flexibility index (Phi) is 3.27. The van der Waals surface area contributed by atoms with Gasteiger partial charge >= 0.3 is 5.97 Å². The van der Waals surface area contributed by atoms with Gasteiger partial charge in [-0.3, -0.25) is 0 Å². The molecule has 3 N–H and O–H groups in total. The summed E-state index contributed by atoms with van der Waals surface area (Å²) in [4.78, 5) is 13.3. The molecule has 0 saturated carbocycles. The summed E-state index contributed by atoms with van der Waals surface area (Å²) < 4.78 is 0. The molecule has 0 unspecified atom stereocenters. The molecule has 0 spiro atoms. The number of nitrogens with zero attached hydrogens (tertiary/aromatic N) is 1. The number of benzene rings is 1. The van der Waals surface area contributed by atoms with E-state index in [2.05, 4.69) is 4.90 Å². The van der Waals surface area contributed by atoms with E-state index in [1.165, 1.54) is 0 Å². The molecule has 3 rings (SSSR count). The third kappa shape index (κ3) is 2.29. The van der Waals surface area contributed by atoms with E-state index < -0.39 is 17.2 Å². The molecule has 5 nitrogen and oxygen atoms in total. The number of hydrogen-bond donors (Lipinski definition) is 3. The standard InChI is InChI=1S/C17H23NO4/c1-16(2,21)13-6-7-17(3,22)14-9-11-8-10(15(19)20)4-5-12(11)18(13)14/h4-5,8,13-14,21-22H,6-7,9H2,1-3H3,(H,19,20)/t13-,14+,17-/m1/s1. The van der Waals surface area contributed by atoms with Crippen molar-refractivity contribution in [2.24, 2.45) is 0 Å². The Bertz CT molecular complexity index is 618. The van der Waals surface area contributed by atoms with Crippen molar-refractivity contribution in [1.82, 2.24) is 0 Å². The zero-order valence-corrected chi connectivity index (χ0v) is 13.2. The lowest BCUT2D eigenvalue weighted by Gasteiger charge is -2.51. The van der Waals surface area contributed by atoms with Crippen LogP contribution in [0.2, 0.25) is 0 Å². The first-order valence-corrected chi connectivity index (χ1v) is 7.70. The molecule has 2 aliphatic rings. The number of anilines is 1. The van der Waals surface area contributed by atoms with E-state index in [9.17, 15) is 15.0 Å². The Hall–Kier alpha value is -1.59. The molecule has 0 aliphatic carbocycles. The summed E-state index contributed by atoms with van der Waals surface area (Å²) in [7, 11) is 0. The summed E-state index contributed by atoms with van der Waals surface area (Å²) >= 11 is 0. The Morgan fingerprint density at radius 2 is 2.09 bits per heavy atom. The normalized spacial score (nSPS) is 30.9. The van der Waals surface area contributed by atoms with Crippen LogP contribution in [0.3, 0.4) is 0 Å². The van der Waals surface area contributed by atoms with Crippen LogP contribution in [0.5, 0.6) is 0 Å². The van der Waals surface area contributed by atoms with Crippen molar-refractivity contribution in [2.75, 3.05) is 4.90 Å². The second kappa shape index (κ2) is 4.70. The number of hydrogen-bond acceptors (Lipinski definition) is 4. The fourth-order valence-electron chi connectivity index (χ4n) is 3.94. The van der Waals surface area contributed by atoms with E-state index in [1.54, 1.807) is 32.0 Å². The molecule has 1 aromatic carbocycles. The first-order chi connectivity index (χ1) is 10.1. The lowest BCUT2D eigenvalue weighted by molar-refractivity contribution is -0.0341. The molecule has 120 valence electrons. The lowest BCUT2D eigenvalue weighted by Crippen LogP contribution is -2.63. The van der Waals surface area contributed by atoms with E-state index in [1.807, 2.05) is 6.92 Å². The van der Waals surface area contributed by atoms with Gasteiger partial charge in [-0.25, -0.2) is 4.79 Å². The van der Waals surface area contributed by atoms with Crippen molar-refractivity contribution < 1.29 is 20.1 Å². The maximum absolute atomic E-state index is 11.2. The predicted octanol–water partition coefficient (Wildman–Crippen LogP) is 1.80. The van der Waals surface area contributed by atoms with Crippen LogP contribution < -0.4 is 4.90 Å². The largest absolute Gasteiger partial charge is 0.478 e. The zero-order chi connectivity index (χ0) is 16.3. The maximum atomic E-state index is 11.2. The number of aliphatic hydroxyl groups is 2. The second-order valence-electron chi connectivity index (χ2n) is 7.34. The summed E-state index contributed by atoms with van der Waals surface area (Å²) in [5.74, 6) is -0.946. The SMILES string of the molecule is CC(C)(O)[C@H]1CC[C@@](C)(O)[C@@H]2Cc3cc(C(=O)O)ccc3N21. The molecule has 1 aromatic rings. The average molecular weight is 305 g/mol. The molecule has 3 atom stereocenters. The highest BCUT2D eigenvalue weighted by molar-refractivity contribution is 5.89. The van der Waals surface area contributed by atoms with E-state index in [0.29, 0.717) is 19.3 Å². The lowest BCUT2D eigenvalue weighted by atomic mass is 9.78. The number of carboxylic acids is 1. The number of aromatic carboxylic acids is 1. The Morgan fingerprint density at radius 1 is 1.41 bits per heavy atom. The first-order valence-electron chi connectivity index (χ1n) is 7.70. The molecular weight excluding hydrogens is 282 g/mol. The number of carbonyl (C=O) groups is 1. The van der Waals surface area contributed by atoms with Crippen molar-refractivity contribution in [1.29, 1.82) is 0 Å². The van der Waals surface area contributed by atoms with Crippen molar-refractivity contribution in [3.05, 3.63) is 29.3 Å². The zero-order valence-electron chi connectivity index (χ0n) is 13.2. The molecule has 0 amide bonds. The molecule has 1 saturated heterocycles. The van der Waals surface area contributed by atoms with Gasteiger partial charge in [0.15, 0.2) is 0 Å². The third-order valence-corrected chi connectivity index (χ3v) is 5.15. The van der Waals surface area contributed by atoms with Crippen LogP contribution in [0.1, 0.15) is 49.5 Å². The van der Waals surface area contributed by atoms with Gasteiger partial charge < -0.3 is 20.2 Å². The molecule has 5 heteroatoms. The molecular formula is C17H23NO4. The van der Waals surface area contributed by atoms with Gasteiger partial charge in [0, 0.05) is 5.69 Å². The predicted molar refractivity (Wildman–Crippen MR) is 83.3 cm³/mol. The van der Waals surface area contributed by atoms with E-state index >= 15 is 0 Å². The molecule has 0 bridgehead atoms. The van der Waals surface area contributed by atoms with Crippen LogP contribution in [0.4, 0.5) is 5.69 Å². The summed E-state index contributed by atoms with van der Waals surface area (Å²) in [5.41, 5.74) is 0.396. The Labute approximate surface area is 130 Å². The highest BCUT2D eigenvalue weighted by Gasteiger charge is 2.51.